The van der Waals surface area contributed by atoms with Crippen molar-refractivity contribution in [3.63, 3.8) is 0 Å². The molecule has 2 atom stereocenters. The van der Waals surface area contributed by atoms with Crippen LogP contribution >= 0.6 is 11.6 Å². The van der Waals surface area contributed by atoms with Gasteiger partial charge in [-0.2, -0.15) is 0 Å². The molecule has 0 aromatic heterocycles. The van der Waals surface area contributed by atoms with Crippen LogP contribution in [-0.4, -0.2) is 30.0 Å². The van der Waals surface area contributed by atoms with Gasteiger partial charge in [0.05, 0.1) is 0 Å². The Morgan fingerprint density at radius 1 is 0.969 bits per heavy atom. The molecule has 172 valence electrons. The van der Waals surface area contributed by atoms with Gasteiger partial charge in [-0.1, -0.05) is 74.8 Å². The van der Waals surface area contributed by atoms with E-state index in [0.29, 0.717) is 17.9 Å². The molecule has 2 aromatic rings. The zero-order chi connectivity index (χ0) is 23.7. The van der Waals surface area contributed by atoms with Gasteiger partial charge in [0.25, 0.3) is 0 Å². The number of hydrogen-bond donors (Lipinski definition) is 1. The summed E-state index contributed by atoms with van der Waals surface area (Å²) >= 11 is 5.92. The summed E-state index contributed by atoms with van der Waals surface area (Å²) in [7, 11) is 0. The minimum absolute atomic E-state index is 0.0900. The molecule has 0 aliphatic heterocycles. The van der Waals surface area contributed by atoms with Crippen molar-refractivity contribution in [1.29, 1.82) is 0 Å². The fourth-order valence-corrected chi connectivity index (χ4v) is 3.17. The van der Waals surface area contributed by atoms with E-state index in [2.05, 4.69) is 5.32 Å². The molecule has 0 aliphatic rings. The van der Waals surface area contributed by atoms with Gasteiger partial charge in [-0.15, -0.1) is 0 Å². The van der Waals surface area contributed by atoms with Crippen LogP contribution in [0.25, 0.3) is 0 Å². The summed E-state index contributed by atoms with van der Waals surface area (Å²) in [6, 6.07) is 15.6. The van der Waals surface area contributed by atoms with Gasteiger partial charge in [0.15, 0.2) is 11.9 Å². The Morgan fingerprint density at radius 2 is 1.59 bits per heavy atom. The molecule has 0 saturated heterocycles. The molecule has 0 bridgehead atoms. The predicted molar refractivity (Wildman–Crippen MR) is 123 cm³/mol. The Hall–Kier alpha value is -2.86. The topological polar surface area (TPSA) is 81.7 Å². The van der Waals surface area contributed by atoms with E-state index in [1.165, 1.54) is 6.92 Å². The number of rotatable bonds is 9. The van der Waals surface area contributed by atoms with Gasteiger partial charge in [0, 0.05) is 10.4 Å². The highest BCUT2D eigenvalue weighted by Gasteiger charge is 2.30. The molecule has 0 heterocycles. The second-order valence-corrected chi connectivity index (χ2v) is 9.05. The molecular weight excluding hydrogens is 430 g/mol. The number of carbonyl (C=O) groups is 3. The van der Waals surface area contributed by atoms with Crippen molar-refractivity contribution in [2.45, 2.75) is 59.3 Å². The molecule has 1 N–H and O–H groups in total. The van der Waals surface area contributed by atoms with Gasteiger partial charge in [0.2, 0.25) is 0 Å². The third-order valence-electron chi connectivity index (χ3n) is 4.83. The number of hydrogen-bond acceptors (Lipinski definition) is 5. The van der Waals surface area contributed by atoms with Crippen LogP contribution in [0.1, 0.15) is 45.2 Å². The van der Waals surface area contributed by atoms with E-state index in [4.69, 9.17) is 21.1 Å². The standard InChI is InChI=1S/C25H30ClNO5/c1-17(22(28)25(2,3)4)32-24(30)27-21(15-12-18-10-13-20(26)14-11-18)23(29)31-16-19-8-6-5-7-9-19/h5-11,13-14,17,21H,12,15-16H2,1-4H3,(H,27,30). The average Bonchev–Trinajstić information content (AvgIpc) is 2.75. The number of ketones is 1. The molecule has 1 amide bonds. The highest BCUT2D eigenvalue weighted by molar-refractivity contribution is 6.30. The maximum atomic E-state index is 12.7. The van der Waals surface area contributed by atoms with Crippen LogP contribution in [0.2, 0.25) is 5.02 Å². The molecule has 0 spiro atoms. The average molecular weight is 460 g/mol. The number of amides is 1. The van der Waals surface area contributed by atoms with Crippen LogP contribution < -0.4 is 5.32 Å². The van der Waals surface area contributed by atoms with Crippen molar-refractivity contribution >= 4 is 29.4 Å². The zero-order valence-corrected chi connectivity index (χ0v) is 19.6. The summed E-state index contributed by atoms with van der Waals surface area (Å²) in [6.07, 6.45) is -0.967. The maximum Gasteiger partial charge on any atom is 0.408 e. The van der Waals surface area contributed by atoms with Gasteiger partial charge < -0.3 is 14.8 Å². The second-order valence-electron chi connectivity index (χ2n) is 8.62. The Morgan fingerprint density at radius 3 is 2.19 bits per heavy atom. The SMILES string of the molecule is CC(OC(=O)NC(CCc1ccc(Cl)cc1)C(=O)OCc1ccccc1)C(=O)C(C)(C)C. The summed E-state index contributed by atoms with van der Waals surface area (Å²) in [5.74, 6) is -0.786. The van der Waals surface area contributed by atoms with Crippen LogP contribution in [0.3, 0.4) is 0 Å². The quantitative estimate of drug-likeness (QED) is 0.526. The molecule has 0 radical (unpaired) electrons. The van der Waals surface area contributed by atoms with Gasteiger partial charge in [-0.25, -0.2) is 9.59 Å². The number of alkyl carbamates (subject to hydrolysis) is 1. The highest BCUT2D eigenvalue weighted by atomic mass is 35.5. The van der Waals surface area contributed by atoms with Crippen molar-refractivity contribution in [3.05, 3.63) is 70.7 Å². The van der Waals surface area contributed by atoms with Crippen molar-refractivity contribution in [1.82, 2.24) is 5.32 Å². The number of esters is 1. The summed E-state index contributed by atoms with van der Waals surface area (Å²) < 4.78 is 10.6. The first kappa shape index (κ1) is 25.4. The molecule has 32 heavy (non-hydrogen) atoms. The van der Waals surface area contributed by atoms with E-state index in [9.17, 15) is 14.4 Å². The molecule has 2 unspecified atom stereocenters. The summed E-state index contributed by atoms with van der Waals surface area (Å²) in [6.45, 7) is 6.87. The normalized spacial score (nSPS) is 13.0. The molecular formula is C25H30ClNO5. The molecule has 6 nitrogen and oxygen atoms in total. The molecule has 0 saturated carbocycles. The Bertz CT molecular complexity index is 906. The lowest BCUT2D eigenvalue weighted by molar-refractivity contribution is -0.147. The predicted octanol–water partition coefficient (Wildman–Crippen LogP) is 5.11. The Labute approximate surface area is 194 Å². The first-order valence-corrected chi connectivity index (χ1v) is 10.9. The number of halogens is 1. The largest absolute Gasteiger partial charge is 0.459 e. The lowest BCUT2D eigenvalue weighted by atomic mass is 9.88. The fraction of sp³-hybridized carbons (Fsp3) is 0.400. The second kappa shape index (κ2) is 11.7. The Balaban J connectivity index is 2.02. The van der Waals surface area contributed by atoms with E-state index in [1.807, 2.05) is 42.5 Å². The number of aryl methyl sites for hydroxylation is 1. The van der Waals surface area contributed by atoms with Crippen LogP contribution in [0, 0.1) is 5.41 Å². The van der Waals surface area contributed by atoms with E-state index in [-0.39, 0.29) is 12.4 Å². The highest BCUT2D eigenvalue weighted by Crippen LogP contribution is 2.18. The molecule has 2 aromatic carbocycles. The third-order valence-corrected chi connectivity index (χ3v) is 5.08. The minimum atomic E-state index is -0.938. The fourth-order valence-electron chi connectivity index (χ4n) is 3.04. The molecule has 2 rings (SSSR count). The molecule has 0 fully saturated rings. The third kappa shape index (κ3) is 8.35. The number of ether oxygens (including phenoxy) is 2. The summed E-state index contributed by atoms with van der Waals surface area (Å²) in [5, 5.41) is 3.18. The van der Waals surface area contributed by atoms with Crippen molar-refractivity contribution in [2.75, 3.05) is 0 Å². The van der Waals surface area contributed by atoms with Gasteiger partial charge >= 0.3 is 12.1 Å². The van der Waals surface area contributed by atoms with E-state index < -0.39 is 29.6 Å². The van der Waals surface area contributed by atoms with Crippen LogP contribution in [0.5, 0.6) is 0 Å². The van der Waals surface area contributed by atoms with E-state index in [0.717, 1.165) is 11.1 Å². The van der Waals surface area contributed by atoms with Crippen LogP contribution in [0.15, 0.2) is 54.6 Å². The number of nitrogens with one attached hydrogen (secondary N) is 1. The molecule has 0 aliphatic carbocycles. The van der Waals surface area contributed by atoms with E-state index >= 15 is 0 Å². The zero-order valence-electron chi connectivity index (χ0n) is 18.9. The van der Waals surface area contributed by atoms with Gasteiger partial charge in [-0.05, 0) is 43.0 Å². The smallest absolute Gasteiger partial charge is 0.408 e. The van der Waals surface area contributed by atoms with Crippen LogP contribution in [0.4, 0.5) is 4.79 Å². The number of benzene rings is 2. The van der Waals surface area contributed by atoms with Crippen molar-refractivity contribution < 1.29 is 23.9 Å². The number of Topliss-reactive ketones (excluding diaryl/α,β-unsaturated/α-hetero) is 1. The van der Waals surface area contributed by atoms with E-state index in [1.54, 1.807) is 32.9 Å². The summed E-state index contributed by atoms with van der Waals surface area (Å²) in [5.41, 5.74) is 1.15. The van der Waals surface area contributed by atoms with Crippen LogP contribution in [-0.2, 0) is 32.1 Å². The van der Waals surface area contributed by atoms with Gasteiger partial charge in [-0.3, -0.25) is 4.79 Å². The van der Waals surface area contributed by atoms with Crippen molar-refractivity contribution in [3.8, 4) is 0 Å². The first-order valence-electron chi connectivity index (χ1n) is 10.5. The van der Waals surface area contributed by atoms with Gasteiger partial charge in [0.1, 0.15) is 12.6 Å². The monoisotopic (exact) mass is 459 g/mol. The minimum Gasteiger partial charge on any atom is -0.459 e. The van der Waals surface area contributed by atoms with Crippen molar-refractivity contribution in [2.24, 2.45) is 5.41 Å². The number of carbonyl (C=O) groups excluding carboxylic acids is 3. The Kier molecular flexibility index (Phi) is 9.27. The summed E-state index contributed by atoms with van der Waals surface area (Å²) in [4.78, 5) is 37.5. The maximum absolute atomic E-state index is 12.7. The lowest BCUT2D eigenvalue weighted by Crippen LogP contribution is -2.45. The lowest BCUT2D eigenvalue weighted by Gasteiger charge is -2.23. The first-order chi connectivity index (χ1) is 15.1. The molecule has 7 heteroatoms.